The first-order valence-corrected chi connectivity index (χ1v) is 5.53. The van der Waals surface area contributed by atoms with Crippen LogP contribution in [0.15, 0.2) is 18.2 Å². The molecular formula is C12H12FNO4. The number of hydrogen-bond acceptors (Lipinski definition) is 3. The molecule has 0 spiro atoms. The van der Waals surface area contributed by atoms with Crippen LogP contribution < -0.4 is 0 Å². The number of likely N-dealkylation sites (tertiary alicyclic amines) is 1. The number of halogens is 1. The summed E-state index contributed by atoms with van der Waals surface area (Å²) >= 11 is 0. The zero-order chi connectivity index (χ0) is 13.3. The van der Waals surface area contributed by atoms with Gasteiger partial charge in [0.2, 0.25) is 0 Å². The molecule has 5 nitrogen and oxygen atoms in total. The molecule has 2 rings (SSSR count). The molecule has 0 bridgehead atoms. The molecule has 6 heteroatoms. The molecule has 1 aromatic rings. The Bertz CT molecular complexity index is 483. The number of aliphatic carboxylic acids is 1. The maximum absolute atomic E-state index is 13.5. The third-order valence-electron chi connectivity index (χ3n) is 3.00. The normalized spacial score (nSPS) is 18.9. The van der Waals surface area contributed by atoms with Crippen molar-refractivity contribution in [3.05, 3.63) is 29.6 Å². The van der Waals surface area contributed by atoms with E-state index in [-0.39, 0.29) is 6.54 Å². The standard InChI is InChI=1S/C12H12FNO4/c13-7-3-1-5-9(15)10(7)11(16)14-6-2-4-8(14)12(17)18/h1,3,5,8,15H,2,4,6H2,(H,17,18)/t8-/m1/s1. The number of carboxylic acid groups (broad SMARTS) is 1. The van der Waals surface area contributed by atoms with Crippen LogP contribution in [0.5, 0.6) is 5.75 Å². The number of carboxylic acids is 1. The number of carbonyl (C=O) groups excluding carboxylic acids is 1. The predicted molar refractivity (Wildman–Crippen MR) is 59.8 cm³/mol. The summed E-state index contributed by atoms with van der Waals surface area (Å²) in [5.74, 6) is -3.22. The number of nitrogens with zero attached hydrogens (tertiary/aromatic N) is 1. The molecule has 1 aliphatic rings. The SMILES string of the molecule is O=C(O)[C@H]1CCCN1C(=O)c1c(O)cccc1F. The third-order valence-corrected chi connectivity index (χ3v) is 3.00. The molecule has 1 fully saturated rings. The van der Waals surface area contributed by atoms with E-state index in [0.29, 0.717) is 12.8 Å². The molecule has 2 N–H and O–H groups in total. The highest BCUT2D eigenvalue weighted by Crippen LogP contribution is 2.26. The van der Waals surface area contributed by atoms with Gasteiger partial charge < -0.3 is 15.1 Å². The molecular weight excluding hydrogens is 241 g/mol. The van der Waals surface area contributed by atoms with E-state index >= 15 is 0 Å². The predicted octanol–water partition coefficient (Wildman–Crippen LogP) is 1.22. The van der Waals surface area contributed by atoms with Gasteiger partial charge >= 0.3 is 5.97 Å². The lowest BCUT2D eigenvalue weighted by atomic mass is 10.1. The Labute approximate surface area is 102 Å². The Morgan fingerprint density at radius 2 is 2.11 bits per heavy atom. The van der Waals surface area contributed by atoms with Crippen LogP contribution >= 0.6 is 0 Å². The van der Waals surface area contributed by atoms with E-state index in [1.165, 1.54) is 12.1 Å². The van der Waals surface area contributed by atoms with E-state index in [1.807, 2.05) is 0 Å². The molecule has 0 unspecified atom stereocenters. The number of rotatable bonds is 2. The van der Waals surface area contributed by atoms with Gasteiger partial charge in [-0.25, -0.2) is 9.18 Å². The Morgan fingerprint density at radius 3 is 2.72 bits per heavy atom. The highest BCUT2D eigenvalue weighted by molar-refractivity contribution is 5.99. The summed E-state index contributed by atoms with van der Waals surface area (Å²) in [4.78, 5) is 24.1. The zero-order valence-electron chi connectivity index (χ0n) is 9.47. The second-order valence-corrected chi connectivity index (χ2v) is 4.13. The molecule has 1 aromatic carbocycles. The monoisotopic (exact) mass is 253 g/mol. The summed E-state index contributed by atoms with van der Waals surface area (Å²) in [6, 6.07) is 2.58. The van der Waals surface area contributed by atoms with Gasteiger partial charge in [0.25, 0.3) is 5.91 Å². The van der Waals surface area contributed by atoms with E-state index in [9.17, 15) is 19.1 Å². The van der Waals surface area contributed by atoms with Crippen LogP contribution in [-0.4, -0.2) is 39.6 Å². The summed E-state index contributed by atoms with van der Waals surface area (Å²) in [5, 5.41) is 18.5. The number of phenols is 1. The minimum atomic E-state index is -1.11. The van der Waals surface area contributed by atoms with Gasteiger partial charge in [-0.3, -0.25) is 4.79 Å². The lowest BCUT2D eigenvalue weighted by Gasteiger charge is -2.21. The minimum Gasteiger partial charge on any atom is -0.507 e. The zero-order valence-corrected chi connectivity index (χ0v) is 9.47. The highest BCUT2D eigenvalue weighted by Gasteiger charge is 2.36. The summed E-state index contributed by atoms with van der Waals surface area (Å²) in [7, 11) is 0. The summed E-state index contributed by atoms with van der Waals surface area (Å²) in [5.41, 5.74) is -0.467. The van der Waals surface area contributed by atoms with Crippen LogP contribution in [-0.2, 0) is 4.79 Å². The van der Waals surface area contributed by atoms with Crippen molar-refractivity contribution in [1.82, 2.24) is 4.90 Å². The molecule has 0 aliphatic carbocycles. The Balaban J connectivity index is 2.34. The van der Waals surface area contributed by atoms with Gasteiger partial charge in [-0.05, 0) is 25.0 Å². The van der Waals surface area contributed by atoms with Crippen LogP contribution in [0.2, 0.25) is 0 Å². The number of amides is 1. The van der Waals surface area contributed by atoms with E-state index in [1.54, 1.807) is 0 Å². The highest BCUT2D eigenvalue weighted by atomic mass is 19.1. The van der Waals surface area contributed by atoms with Gasteiger partial charge in [0.05, 0.1) is 0 Å². The number of benzene rings is 1. The van der Waals surface area contributed by atoms with E-state index in [0.717, 1.165) is 11.0 Å². The number of phenolic OH excluding ortho intramolecular Hbond substituents is 1. The Hall–Kier alpha value is -2.11. The fourth-order valence-electron chi connectivity index (χ4n) is 2.13. The lowest BCUT2D eigenvalue weighted by molar-refractivity contribution is -0.141. The maximum atomic E-state index is 13.5. The van der Waals surface area contributed by atoms with Crippen LogP contribution in [0.1, 0.15) is 23.2 Å². The Kier molecular flexibility index (Phi) is 3.18. The fourth-order valence-corrected chi connectivity index (χ4v) is 2.13. The topological polar surface area (TPSA) is 77.8 Å². The van der Waals surface area contributed by atoms with E-state index < -0.39 is 35.0 Å². The van der Waals surface area contributed by atoms with Crippen LogP contribution in [0.4, 0.5) is 4.39 Å². The number of carbonyl (C=O) groups is 2. The third kappa shape index (κ3) is 2.01. The van der Waals surface area contributed by atoms with Gasteiger partial charge in [-0.2, -0.15) is 0 Å². The minimum absolute atomic E-state index is 0.254. The van der Waals surface area contributed by atoms with Crippen LogP contribution in [0.25, 0.3) is 0 Å². The van der Waals surface area contributed by atoms with Crippen molar-refractivity contribution in [2.45, 2.75) is 18.9 Å². The van der Waals surface area contributed by atoms with Gasteiger partial charge in [-0.15, -0.1) is 0 Å². The van der Waals surface area contributed by atoms with Crippen molar-refractivity contribution in [3.63, 3.8) is 0 Å². The van der Waals surface area contributed by atoms with Gasteiger partial charge in [0.1, 0.15) is 23.2 Å². The lowest BCUT2D eigenvalue weighted by Crippen LogP contribution is -2.40. The van der Waals surface area contributed by atoms with Crippen molar-refractivity contribution < 1.29 is 24.2 Å². The first-order valence-electron chi connectivity index (χ1n) is 5.53. The van der Waals surface area contributed by atoms with Crippen LogP contribution in [0, 0.1) is 5.82 Å². The summed E-state index contributed by atoms with van der Waals surface area (Å²) < 4.78 is 13.5. The molecule has 18 heavy (non-hydrogen) atoms. The second kappa shape index (κ2) is 4.64. The maximum Gasteiger partial charge on any atom is 0.326 e. The largest absolute Gasteiger partial charge is 0.507 e. The number of hydrogen-bond donors (Lipinski definition) is 2. The molecule has 1 heterocycles. The smallest absolute Gasteiger partial charge is 0.326 e. The van der Waals surface area contributed by atoms with Crippen molar-refractivity contribution in [1.29, 1.82) is 0 Å². The second-order valence-electron chi connectivity index (χ2n) is 4.13. The summed E-state index contributed by atoms with van der Waals surface area (Å²) in [6.07, 6.45) is 0.897. The molecule has 0 aromatic heterocycles. The quantitative estimate of drug-likeness (QED) is 0.830. The van der Waals surface area contributed by atoms with E-state index in [2.05, 4.69) is 0 Å². The van der Waals surface area contributed by atoms with E-state index in [4.69, 9.17) is 5.11 Å². The fraction of sp³-hybridized carbons (Fsp3) is 0.333. The molecule has 1 aliphatic heterocycles. The average molecular weight is 253 g/mol. The first kappa shape index (κ1) is 12.3. The molecule has 0 saturated carbocycles. The Morgan fingerprint density at radius 1 is 1.39 bits per heavy atom. The van der Waals surface area contributed by atoms with Crippen LogP contribution in [0.3, 0.4) is 0 Å². The molecule has 0 radical (unpaired) electrons. The van der Waals surface area contributed by atoms with Crippen molar-refractivity contribution in [3.8, 4) is 5.75 Å². The van der Waals surface area contributed by atoms with Gasteiger partial charge in [0, 0.05) is 6.54 Å². The molecule has 96 valence electrons. The van der Waals surface area contributed by atoms with Crippen molar-refractivity contribution in [2.75, 3.05) is 6.54 Å². The first-order chi connectivity index (χ1) is 8.52. The summed E-state index contributed by atoms with van der Waals surface area (Å²) in [6.45, 7) is 0.254. The van der Waals surface area contributed by atoms with Gasteiger partial charge in [0.15, 0.2) is 0 Å². The van der Waals surface area contributed by atoms with Crippen molar-refractivity contribution in [2.24, 2.45) is 0 Å². The molecule has 1 atom stereocenters. The molecule has 1 amide bonds. The van der Waals surface area contributed by atoms with Crippen molar-refractivity contribution >= 4 is 11.9 Å². The van der Waals surface area contributed by atoms with Gasteiger partial charge in [-0.1, -0.05) is 6.07 Å². The molecule has 1 saturated heterocycles. The number of aromatic hydroxyl groups is 1. The average Bonchev–Trinajstić information content (AvgIpc) is 2.77.